The predicted molar refractivity (Wildman–Crippen MR) is 93.0 cm³/mol. The Kier molecular flexibility index (Phi) is 4.17. The van der Waals surface area contributed by atoms with Crippen LogP contribution in [-0.2, 0) is 4.79 Å². The first-order chi connectivity index (χ1) is 11.1. The fourth-order valence-electron chi connectivity index (χ4n) is 2.34. The highest BCUT2D eigenvalue weighted by Gasteiger charge is 2.29. The van der Waals surface area contributed by atoms with Gasteiger partial charge in [0.2, 0.25) is 0 Å². The predicted octanol–water partition coefficient (Wildman–Crippen LogP) is 4.15. The minimum absolute atomic E-state index is 0.189. The van der Waals surface area contributed by atoms with Gasteiger partial charge in [0.15, 0.2) is 0 Å². The van der Waals surface area contributed by atoms with Gasteiger partial charge in [-0.1, -0.05) is 35.9 Å². The highest BCUT2D eigenvalue weighted by molar-refractivity contribution is 6.37. The van der Waals surface area contributed by atoms with Gasteiger partial charge in [-0.2, -0.15) is 10.1 Å². The summed E-state index contributed by atoms with van der Waals surface area (Å²) in [7, 11) is 1.62. The van der Waals surface area contributed by atoms with E-state index in [1.54, 1.807) is 19.2 Å². The summed E-state index contributed by atoms with van der Waals surface area (Å²) in [5, 5.41) is 6.16. The van der Waals surface area contributed by atoms with Crippen LogP contribution in [0.15, 0.2) is 59.2 Å². The number of hydrogen-bond acceptors (Lipinski definition) is 3. The molecule has 0 fully saturated rings. The van der Waals surface area contributed by atoms with Crippen LogP contribution in [0.25, 0.3) is 6.08 Å². The lowest BCUT2D eigenvalue weighted by molar-refractivity contribution is -0.114. The first kappa shape index (κ1) is 15.3. The lowest BCUT2D eigenvalue weighted by Gasteiger charge is -2.13. The van der Waals surface area contributed by atoms with Crippen LogP contribution in [0.5, 0.6) is 5.75 Å². The zero-order chi connectivity index (χ0) is 16.4. The summed E-state index contributed by atoms with van der Waals surface area (Å²) in [6.45, 7) is 1.81. The quantitative estimate of drug-likeness (QED) is 0.795. The Balaban J connectivity index is 1.93. The van der Waals surface area contributed by atoms with Crippen LogP contribution < -0.4 is 9.75 Å². The zero-order valence-electron chi connectivity index (χ0n) is 12.8. The molecule has 0 aliphatic carbocycles. The molecule has 0 bridgehead atoms. The Bertz CT molecular complexity index is 810. The third kappa shape index (κ3) is 2.98. The molecule has 23 heavy (non-hydrogen) atoms. The van der Waals surface area contributed by atoms with Gasteiger partial charge in [-0.3, -0.25) is 4.79 Å². The molecule has 2 aromatic carbocycles. The van der Waals surface area contributed by atoms with E-state index in [0.717, 1.165) is 11.3 Å². The van der Waals surface area contributed by atoms with E-state index in [1.165, 1.54) is 5.01 Å². The average Bonchev–Trinajstić information content (AvgIpc) is 2.84. The third-order valence-electron chi connectivity index (χ3n) is 3.57. The maximum Gasteiger partial charge on any atom is 0.280 e. The van der Waals surface area contributed by atoms with Crippen molar-refractivity contribution in [2.45, 2.75) is 6.92 Å². The summed E-state index contributed by atoms with van der Waals surface area (Å²) < 4.78 is 5.14. The van der Waals surface area contributed by atoms with Gasteiger partial charge in [-0.15, -0.1) is 0 Å². The molecule has 5 heteroatoms. The third-order valence-corrected chi connectivity index (χ3v) is 3.89. The van der Waals surface area contributed by atoms with Crippen molar-refractivity contribution in [2.24, 2.45) is 5.10 Å². The molecule has 2 aromatic rings. The topological polar surface area (TPSA) is 41.9 Å². The number of carbonyl (C=O) groups is 1. The molecule has 0 N–H and O–H groups in total. The van der Waals surface area contributed by atoms with E-state index >= 15 is 0 Å². The number of halogens is 1. The minimum Gasteiger partial charge on any atom is -0.497 e. The van der Waals surface area contributed by atoms with Gasteiger partial charge < -0.3 is 4.74 Å². The van der Waals surface area contributed by atoms with Crippen molar-refractivity contribution in [3.63, 3.8) is 0 Å². The maximum atomic E-state index is 12.7. The summed E-state index contributed by atoms with van der Waals surface area (Å²) in [4.78, 5) is 12.7. The Morgan fingerprint density at radius 3 is 2.48 bits per heavy atom. The summed E-state index contributed by atoms with van der Waals surface area (Å²) in [6, 6.07) is 14.6. The Labute approximate surface area is 139 Å². The molecule has 0 saturated heterocycles. The second-order valence-corrected chi connectivity index (χ2v) is 5.49. The number of para-hydroxylation sites is 1. The van der Waals surface area contributed by atoms with Crippen LogP contribution >= 0.6 is 11.6 Å². The van der Waals surface area contributed by atoms with Gasteiger partial charge in [0.1, 0.15) is 5.75 Å². The molecule has 0 spiro atoms. The number of anilines is 1. The lowest BCUT2D eigenvalue weighted by Crippen LogP contribution is -2.21. The molecule has 0 unspecified atom stereocenters. The molecule has 116 valence electrons. The summed E-state index contributed by atoms with van der Waals surface area (Å²) in [6.07, 6.45) is 1.82. The molecule has 1 heterocycles. The number of nitrogens with zero attached hydrogens (tertiary/aromatic N) is 2. The van der Waals surface area contributed by atoms with Crippen molar-refractivity contribution >= 4 is 35.0 Å². The first-order valence-electron chi connectivity index (χ1n) is 7.10. The van der Waals surface area contributed by atoms with Crippen molar-refractivity contribution in [1.82, 2.24) is 0 Å². The Morgan fingerprint density at radius 2 is 1.83 bits per heavy atom. The zero-order valence-corrected chi connectivity index (χ0v) is 13.5. The van der Waals surface area contributed by atoms with E-state index in [2.05, 4.69) is 5.10 Å². The highest BCUT2D eigenvalue weighted by Crippen LogP contribution is 2.30. The number of benzene rings is 2. The van der Waals surface area contributed by atoms with Crippen molar-refractivity contribution < 1.29 is 9.53 Å². The number of amides is 1. The lowest BCUT2D eigenvalue weighted by atomic mass is 10.1. The second kappa shape index (κ2) is 6.26. The molecule has 1 aliphatic heterocycles. The molecular weight excluding hydrogens is 312 g/mol. The molecule has 0 atom stereocenters. The van der Waals surface area contributed by atoms with Crippen molar-refractivity contribution in [2.75, 3.05) is 12.1 Å². The molecule has 0 saturated carbocycles. The monoisotopic (exact) mass is 326 g/mol. The molecule has 0 aromatic heterocycles. The molecule has 4 nitrogen and oxygen atoms in total. The first-order valence-corrected chi connectivity index (χ1v) is 7.48. The Morgan fingerprint density at radius 1 is 1.13 bits per heavy atom. The van der Waals surface area contributed by atoms with E-state index in [4.69, 9.17) is 16.3 Å². The standard InChI is InChI=1S/C18H15ClN2O2/c1-12-15(11-13-7-9-14(23-2)10-8-13)18(22)21(20-12)17-6-4-3-5-16(17)19/h3-11H,1-2H3/b15-11-. The smallest absolute Gasteiger partial charge is 0.280 e. The number of hydrazone groups is 1. The number of carbonyl (C=O) groups excluding carboxylic acids is 1. The van der Waals surface area contributed by atoms with Gasteiger partial charge >= 0.3 is 0 Å². The fourth-order valence-corrected chi connectivity index (χ4v) is 2.55. The Hall–Kier alpha value is -2.59. The second-order valence-electron chi connectivity index (χ2n) is 5.08. The molecule has 1 aliphatic rings. The van der Waals surface area contributed by atoms with Crippen molar-refractivity contribution in [3.05, 3.63) is 64.7 Å². The molecule has 3 rings (SSSR count). The van der Waals surface area contributed by atoms with Crippen LogP contribution in [-0.4, -0.2) is 18.7 Å². The van der Waals surface area contributed by atoms with Crippen LogP contribution in [0.3, 0.4) is 0 Å². The minimum atomic E-state index is -0.189. The van der Waals surface area contributed by atoms with Gasteiger partial charge in [-0.25, -0.2) is 0 Å². The van der Waals surface area contributed by atoms with Crippen molar-refractivity contribution in [1.29, 1.82) is 0 Å². The largest absolute Gasteiger partial charge is 0.497 e. The maximum absolute atomic E-state index is 12.7. The summed E-state index contributed by atoms with van der Waals surface area (Å²) in [5.41, 5.74) is 2.70. The van der Waals surface area contributed by atoms with Crippen molar-refractivity contribution in [3.8, 4) is 5.75 Å². The van der Waals surface area contributed by atoms with E-state index in [-0.39, 0.29) is 5.91 Å². The number of rotatable bonds is 3. The van der Waals surface area contributed by atoms with E-state index in [1.807, 2.05) is 49.4 Å². The summed E-state index contributed by atoms with van der Waals surface area (Å²) in [5.74, 6) is 0.583. The fraction of sp³-hybridized carbons (Fsp3) is 0.111. The van der Waals surface area contributed by atoms with Gasteiger partial charge in [0.05, 0.1) is 29.1 Å². The molecule has 0 radical (unpaired) electrons. The van der Waals surface area contributed by atoms with Crippen LogP contribution in [0.2, 0.25) is 5.02 Å². The molecule has 1 amide bonds. The van der Waals surface area contributed by atoms with Gasteiger partial charge in [0, 0.05) is 0 Å². The number of hydrogen-bond donors (Lipinski definition) is 0. The van der Waals surface area contributed by atoms with E-state index in [0.29, 0.717) is 22.0 Å². The van der Waals surface area contributed by atoms with Crippen LogP contribution in [0, 0.1) is 0 Å². The highest BCUT2D eigenvalue weighted by atomic mass is 35.5. The van der Waals surface area contributed by atoms with E-state index in [9.17, 15) is 4.79 Å². The van der Waals surface area contributed by atoms with E-state index < -0.39 is 0 Å². The number of ether oxygens (including phenoxy) is 1. The summed E-state index contributed by atoms with van der Waals surface area (Å²) >= 11 is 6.16. The SMILES string of the molecule is COc1ccc(/C=C2\C(=O)N(c3ccccc3Cl)N=C2C)cc1. The number of methoxy groups -OCH3 is 1. The van der Waals surface area contributed by atoms with Crippen LogP contribution in [0.1, 0.15) is 12.5 Å². The molecular formula is C18H15ClN2O2. The van der Waals surface area contributed by atoms with Gasteiger partial charge in [0.25, 0.3) is 5.91 Å². The normalized spacial score (nSPS) is 16.0. The van der Waals surface area contributed by atoms with Gasteiger partial charge in [-0.05, 0) is 42.8 Å². The average molecular weight is 327 g/mol. The van der Waals surface area contributed by atoms with Crippen LogP contribution in [0.4, 0.5) is 5.69 Å².